The van der Waals surface area contributed by atoms with Gasteiger partial charge in [0.25, 0.3) is 5.91 Å². The number of rotatable bonds is 4. The Morgan fingerprint density at radius 2 is 2.05 bits per heavy atom. The molecule has 0 radical (unpaired) electrons. The van der Waals surface area contributed by atoms with Crippen LogP contribution in [0.4, 0.5) is 0 Å². The number of aryl methyl sites for hydroxylation is 1. The number of benzene rings is 1. The fourth-order valence-corrected chi connectivity index (χ4v) is 2.55. The SMILES string of the molecule is Cc1oc(C2CCC2)nc1C(=O)NC(C)c1ccccc1. The maximum Gasteiger partial charge on any atom is 0.274 e. The Labute approximate surface area is 124 Å². The summed E-state index contributed by atoms with van der Waals surface area (Å²) in [6.45, 7) is 3.77. The van der Waals surface area contributed by atoms with Gasteiger partial charge in [0, 0.05) is 5.92 Å². The van der Waals surface area contributed by atoms with E-state index in [2.05, 4.69) is 10.3 Å². The minimum Gasteiger partial charge on any atom is -0.445 e. The topological polar surface area (TPSA) is 55.1 Å². The quantitative estimate of drug-likeness (QED) is 0.930. The molecule has 1 atom stereocenters. The second-order valence-corrected chi connectivity index (χ2v) is 5.69. The first-order chi connectivity index (χ1) is 10.1. The molecule has 1 unspecified atom stereocenters. The summed E-state index contributed by atoms with van der Waals surface area (Å²) in [5.41, 5.74) is 1.49. The molecule has 2 aromatic rings. The van der Waals surface area contributed by atoms with E-state index in [0.29, 0.717) is 17.4 Å². The third-order valence-corrected chi connectivity index (χ3v) is 4.13. The van der Waals surface area contributed by atoms with E-state index in [1.165, 1.54) is 6.42 Å². The van der Waals surface area contributed by atoms with Crippen LogP contribution in [0.1, 0.15) is 65.8 Å². The normalized spacial score (nSPS) is 16.3. The maximum atomic E-state index is 12.4. The zero-order valence-electron chi connectivity index (χ0n) is 12.4. The molecule has 1 N–H and O–H groups in total. The van der Waals surface area contributed by atoms with Crippen molar-refractivity contribution in [2.45, 2.75) is 45.1 Å². The number of nitrogens with zero attached hydrogens (tertiary/aromatic N) is 1. The van der Waals surface area contributed by atoms with Gasteiger partial charge in [-0.05, 0) is 32.3 Å². The highest BCUT2D eigenvalue weighted by Crippen LogP contribution is 2.36. The smallest absolute Gasteiger partial charge is 0.274 e. The molecule has 1 aliphatic rings. The minimum atomic E-state index is -0.168. The average Bonchev–Trinajstić information content (AvgIpc) is 2.79. The summed E-state index contributed by atoms with van der Waals surface area (Å²) in [6.07, 6.45) is 3.45. The summed E-state index contributed by atoms with van der Waals surface area (Å²) < 4.78 is 5.66. The fourth-order valence-electron chi connectivity index (χ4n) is 2.55. The molecule has 1 saturated carbocycles. The maximum absolute atomic E-state index is 12.4. The highest BCUT2D eigenvalue weighted by Gasteiger charge is 2.27. The molecule has 0 saturated heterocycles. The van der Waals surface area contributed by atoms with Crippen LogP contribution in [0.2, 0.25) is 0 Å². The van der Waals surface area contributed by atoms with Crippen molar-refractivity contribution in [1.29, 1.82) is 0 Å². The van der Waals surface area contributed by atoms with Gasteiger partial charge in [-0.25, -0.2) is 4.98 Å². The molecule has 1 aromatic carbocycles. The lowest BCUT2D eigenvalue weighted by molar-refractivity contribution is 0.0934. The van der Waals surface area contributed by atoms with Gasteiger partial charge >= 0.3 is 0 Å². The van der Waals surface area contributed by atoms with Gasteiger partial charge in [-0.1, -0.05) is 36.8 Å². The number of hydrogen-bond donors (Lipinski definition) is 1. The fraction of sp³-hybridized carbons (Fsp3) is 0.412. The molecule has 1 amide bonds. The molecule has 4 heteroatoms. The van der Waals surface area contributed by atoms with Gasteiger partial charge in [0.15, 0.2) is 11.6 Å². The van der Waals surface area contributed by atoms with Crippen LogP contribution in [0.15, 0.2) is 34.7 Å². The Morgan fingerprint density at radius 3 is 2.67 bits per heavy atom. The third-order valence-electron chi connectivity index (χ3n) is 4.13. The summed E-state index contributed by atoms with van der Waals surface area (Å²) in [7, 11) is 0. The molecule has 1 aliphatic carbocycles. The molecule has 0 bridgehead atoms. The molecule has 21 heavy (non-hydrogen) atoms. The summed E-state index contributed by atoms with van der Waals surface area (Å²) in [4.78, 5) is 16.8. The number of carbonyl (C=O) groups is 1. The Morgan fingerprint density at radius 1 is 1.33 bits per heavy atom. The number of oxazole rings is 1. The van der Waals surface area contributed by atoms with Crippen molar-refractivity contribution in [1.82, 2.24) is 10.3 Å². The second kappa shape index (κ2) is 5.72. The molecular weight excluding hydrogens is 264 g/mol. The number of nitrogens with one attached hydrogen (secondary N) is 1. The highest BCUT2D eigenvalue weighted by molar-refractivity contribution is 5.93. The van der Waals surface area contributed by atoms with Crippen LogP contribution in [0, 0.1) is 6.92 Å². The van der Waals surface area contributed by atoms with Gasteiger partial charge in [0.1, 0.15) is 5.76 Å². The lowest BCUT2D eigenvalue weighted by Gasteiger charge is -2.21. The Bertz CT molecular complexity index is 629. The molecule has 1 fully saturated rings. The zero-order valence-corrected chi connectivity index (χ0v) is 12.4. The molecule has 1 aromatic heterocycles. The number of aromatic nitrogens is 1. The van der Waals surface area contributed by atoms with E-state index in [1.807, 2.05) is 37.3 Å². The van der Waals surface area contributed by atoms with E-state index < -0.39 is 0 Å². The van der Waals surface area contributed by atoms with E-state index in [4.69, 9.17) is 4.42 Å². The van der Waals surface area contributed by atoms with E-state index >= 15 is 0 Å². The predicted molar refractivity (Wildman–Crippen MR) is 80.2 cm³/mol. The van der Waals surface area contributed by atoms with Crippen LogP contribution < -0.4 is 5.32 Å². The first kappa shape index (κ1) is 13.9. The second-order valence-electron chi connectivity index (χ2n) is 5.69. The van der Waals surface area contributed by atoms with E-state index in [9.17, 15) is 4.79 Å². The predicted octanol–water partition coefficient (Wildman–Crippen LogP) is 3.74. The van der Waals surface area contributed by atoms with Crippen molar-refractivity contribution in [2.24, 2.45) is 0 Å². The Kier molecular flexibility index (Phi) is 3.78. The lowest BCUT2D eigenvalue weighted by Crippen LogP contribution is -2.27. The molecule has 0 aliphatic heterocycles. The summed E-state index contributed by atoms with van der Waals surface area (Å²) >= 11 is 0. The average molecular weight is 284 g/mol. The van der Waals surface area contributed by atoms with Crippen LogP contribution in [0.5, 0.6) is 0 Å². The first-order valence-electron chi connectivity index (χ1n) is 7.48. The van der Waals surface area contributed by atoms with E-state index in [0.717, 1.165) is 24.3 Å². The highest BCUT2D eigenvalue weighted by atomic mass is 16.4. The van der Waals surface area contributed by atoms with Crippen LogP contribution in [-0.4, -0.2) is 10.9 Å². The molecule has 4 nitrogen and oxygen atoms in total. The number of hydrogen-bond acceptors (Lipinski definition) is 3. The summed E-state index contributed by atoms with van der Waals surface area (Å²) in [5.74, 6) is 1.56. The van der Waals surface area contributed by atoms with Crippen LogP contribution in [-0.2, 0) is 0 Å². The standard InChI is InChI=1S/C17H20N2O2/c1-11(13-7-4-3-5-8-13)18-16(20)15-12(2)21-17(19-15)14-9-6-10-14/h3-5,7-8,11,14H,6,9-10H2,1-2H3,(H,18,20). The van der Waals surface area contributed by atoms with Gasteiger partial charge in [0.05, 0.1) is 6.04 Å². The van der Waals surface area contributed by atoms with E-state index in [1.54, 1.807) is 6.92 Å². The van der Waals surface area contributed by atoms with Crippen molar-refractivity contribution < 1.29 is 9.21 Å². The minimum absolute atomic E-state index is 0.0537. The number of carbonyl (C=O) groups excluding carboxylic acids is 1. The van der Waals surface area contributed by atoms with Crippen LogP contribution >= 0.6 is 0 Å². The Balaban J connectivity index is 1.71. The molecule has 1 heterocycles. The van der Waals surface area contributed by atoms with Crippen molar-refractivity contribution in [3.63, 3.8) is 0 Å². The van der Waals surface area contributed by atoms with Gasteiger partial charge in [0.2, 0.25) is 0 Å². The molecule has 0 spiro atoms. The van der Waals surface area contributed by atoms with Gasteiger partial charge in [-0.15, -0.1) is 0 Å². The molecule has 110 valence electrons. The van der Waals surface area contributed by atoms with Crippen molar-refractivity contribution in [3.8, 4) is 0 Å². The lowest BCUT2D eigenvalue weighted by atomic mass is 9.85. The van der Waals surface area contributed by atoms with Crippen molar-refractivity contribution in [3.05, 3.63) is 53.2 Å². The van der Waals surface area contributed by atoms with E-state index in [-0.39, 0.29) is 11.9 Å². The molecule has 3 rings (SSSR count). The van der Waals surface area contributed by atoms with Gasteiger partial charge in [-0.2, -0.15) is 0 Å². The molecular formula is C17H20N2O2. The van der Waals surface area contributed by atoms with Crippen molar-refractivity contribution in [2.75, 3.05) is 0 Å². The van der Waals surface area contributed by atoms with Gasteiger partial charge < -0.3 is 9.73 Å². The Hall–Kier alpha value is -2.10. The summed E-state index contributed by atoms with van der Waals surface area (Å²) in [5, 5.41) is 2.98. The monoisotopic (exact) mass is 284 g/mol. The zero-order chi connectivity index (χ0) is 14.8. The van der Waals surface area contributed by atoms with Crippen LogP contribution in [0.25, 0.3) is 0 Å². The largest absolute Gasteiger partial charge is 0.445 e. The van der Waals surface area contributed by atoms with Crippen LogP contribution in [0.3, 0.4) is 0 Å². The number of amides is 1. The summed E-state index contributed by atoms with van der Waals surface area (Å²) in [6, 6.07) is 9.84. The first-order valence-corrected chi connectivity index (χ1v) is 7.48. The van der Waals surface area contributed by atoms with Crippen molar-refractivity contribution >= 4 is 5.91 Å². The third kappa shape index (κ3) is 2.84. The van der Waals surface area contributed by atoms with Gasteiger partial charge in [-0.3, -0.25) is 4.79 Å².